The van der Waals surface area contributed by atoms with Crippen LogP contribution in [0.4, 0.5) is 5.69 Å². The van der Waals surface area contributed by atoms with Crippen LogP contribution in [0.1, 0.15) is 40.2 Å². The van der Waals surface area contributed by atoms with Crippen LogP contribution in [0.15, 0.2) is 18.2 Å². The first-order chi connectivity index (χ1) is 12.8. The summed E-state index contributed by atoms with van der Waals surface area (Å²) in [6.45, 7) is 8.68. The summed E-state index contributed by atoms with van der Waals surface area (Å²) in [6, 6.07) is 4.22. The van der Waals surface area contributed by atoms with Gasteiger partial charge in [-0.05, 0) is 38.0 Å². The van der Waals surface area contributed by atoms with E-state index in [-0.39, 0.29) is 25.0 Å². The van der Waals surface area contributed by atoms with E-state index in [1.165, 1.54) is 18.9 Å². The molecule has 0 aliphatic carbocycles. The van der Waals surface area contributed by atoms with Crippen molar-refractivity contribution in [1.29, 1.82) is 0 Å². The largest absolute Gasteiger partial charge is 0.497 e. The Balaban J connectivity index is 2.90. The number of carbonyl (C=O) groups is 3. The van der Waals surface area contributed by atoms with Crippen molar-refractivity contribution in [2.24, 2.45) is 5.92 Å². The minimum atomic E-state index is -1.77. The summed E-state index contributed by atoms with van der Waals surface area (Å²) in [4.78, 5) is 40.5. The Bertz CT molecular complexity index is 724. The van der Waals surface area contributed by atoms with Gasteiger partial charge in [-0.2, -0.15) is 0 Å². The van der Waals surface area contributed by atoms with Gasteiger partial charge in [-0.25, -0.2) is 0 Å². The fourth-order valence-corrected chi connectivity index (χ4v) is 3.87. The van der Waals surface area contributed by atoms with E-state index in [2.05, 4.69) is 0 Å². The summed E-state index contributed by atoms with van der Waals surface area (Å²) in [6.07, 6.45) is 0. The number of hydrogen-bond donors (Lipinski definition) is 0. The Hall–Kier alpha value is -2.57. The molecule has 1 heterocycles. The molecule has 0 N–H and O–H groups in total. The Labute approximate surface area is 159 Å². The fraction of sp³-hybridized carbons (Fsp3) is 0.550. The van der Waals surface area contributed by atoms with E-state index in [0.29, 0.717) is 17.0 Å². The van der Waals surface area contributed by atoms with E-state index in [1.807, 2.05) is 13.8 Å². The van der Waals surface area contributed by atoms with Crippen LogP contribution in [0.3, 0.4) is 0 Å². The summed E-state index contributed by atoms with van der Waals surface area (Å²) in [5.41, 5.74) is -0.911. The van der Waals surface area contributed by atoms with Gasteiger partial charge < -0.3 is 19.1 Å². The average molecular weight is 377 g/mol. The summed E-state index contributed by atoms with van der Waals surface area (Å²) in [7, 11) is 1.50. The quantitative estimate of drug-likeness (QED) is 0.559. The SMILES string of the molecule is CCOC(=O)C1(C(=O)OCC)c2cc(OC)ccc2N(C(C)=O)C1C(C)C. The molecule has 1 aromatic carbocycles. The van der Waals surface area contributed by atoms with Crippen molar-refractivity contribution in [2.45, 2.75) is 46.1 Å². The van der Waals surface area contributed by atoms with Gasteiger partial charge in [0.15, 0.2) is 0 Å². The minimum Gasteiger partial charge on any atom is -0.497 e. The lowest BCUT2D eigenvalue weighted by atomic mass is 9.72. The van der Waals surface area contributed by atoms with Gasteiger partial charge >= 0.3 is 11.9 Å². The van der Waals surface area contributed by atoms with Crippen LogP contribution >= 0.6 is 0 Å². The van der Waals surface area contributed by atoms with Crippen LogP contribution in [0.5, 0.6) is 5.75 Å². The number of ether oxygens (including phenoxy) is 3. The van der Waals surface area contributed by atoms with Crippen LogP contribution in [0, 0.1) is 5.92 Å². The normalized spacial score (nSPS) is 17.4. The second-order valence-electron chi connectivity index (χ2n) is 6.71. The highest BCUT2D eigenvalue weighted by molar-refractivity contribution is 6.14. The van der Waals surface area contributed by atoms with Crippen LogP contribution in [-0.4, -0.2) is 44.2 Å². The van der Waals surface area contributed by atoms with E-state index < -0.39 is 23.4 Å². The molecule has 7 heteroatoms. The van der Waals surface area contributed by atoms with Crippen molar-refractivity contribution in [3.05, 3.63) is 23.8 Å². The van der Waals surface area contributed by atoms with Crippen molar-refractivity contribution in [3.63, 3.8) is 0 Å². The molecule has 0 bridgehead atoms. The third-order valence-corrected chi connectivity index (χ3v) is 4.78. The number of benzene rings is 1. The molecule has 1 aliphatic rings. The molecular weight excluding hydrogens is 350 g/mol. The number of amides is 1. The number of hydrogen-bond acceptors (Lipinski definition) is 6. The number of nitrogens with zero attached hydrogens (tertiary/aromatic N) is 1. The summed E-state index contributed by atoms with van der Waals surface area (Å²) >= 11 is 0. The molecule has 0 radical (unpaired) electrons. The molecule has 148 valence electrons. The third-order valence-electron chi connectivity index (χ3n) is 4.78. The molecule has 27 heavy (non-hydrogen) atoms. The standard InChI is InChI=1S/C20H27NO6/c1-7-26-18(23)20(19(24)27-8-2)15-11-14(25-6)9-10-16(15)21(13(5)22)17(20)12(3)4/h9-12,17H,7-8H2,1-6H3. The molecule has 1 unspecified atom stereocenters. The maximum Gasteiger partial charge on any atom is 0.330 e. The first-order valence-electron chi connectivity index (χ1n) is 9.09. The van der Waals surface area contributed by atoms with E-state index >= 15 is 0 Å². The first kappa shape index (κ1) is 20.7. The molecular formula is C20H27NO6. The first-order valence-corrected chi connectivity index (χ1v) is 9.09. The second-order valence-corrected chi connectivity index (χ2v) is 6.71. The Morgan fingerprint density at radius 1 is 1.11 bits per heavy atom. The lowest BCUT2D eigenvalue weighted by Gasteiger charge is -2.36. The zero-order valence-electron chi connectivity index (χ0n) is 16.7. The van der Waals surface area contributed by atoms with Gasteiger partial charge in [-0.1, -0.05) is 13.8 Å². The van der Waals surface area contributed by atoms with Crippen molar-refractivity contribution in [1.82, 2.24) is 0 Å². The Morgan fingerprint density at radius 3 is 2.07 bits per heavy atom. The molecule has 0 saturated heterocycles. The smallest absolute Gasteiger partial charge is 0.330 e. The molecule has 0 spiro atoms. The fourth-order valence-electron chi connectivity index (χ4n) is 3.87. The summed E-state index contributed by atoms with van der Waals surface area (Å²) < 4.78 is 15.9. The highest BCUT2D eigenvalue weighted by Gasteiger charge is 2.65. The second kappa shape index (κ2) is 7.98. The van der Waals surface area contributed by atoms with Gasteiger partial charge in [0, 0.05) is 18.2 Å². The molecule has 0 aromatic heterocycles. The maximum absolute atomic E-state index is 13.2. The predicted octanol–water partition coefficient (Wildman–Crippen LogP) is 2.45. The summed E-state index contributed by atoms with van der Waals surface area (Å²) in [5, 5.41) is 0. The number of methoxy groups -OCH3 is 1. The number of anilines is 1. The van der Waals surface area contributed by atoms with Gasteiger partial charge in [0.25, 0.3) is 0 Å². The van der Waals surface area contributed by atoms with Crippen molar-refractivity contribution in [2.75, 3.05) is 25.2 Å². The van der Waals surface area contributed by atoms with Gasteiger partial charge in [-0.3, -0.25) is 14.4 Å². The average Bonchev–Trinajstić information content (AvgIpc) is 2.93. The molecule has 1 aliphatic heterocycles. The topological polar surface area (TPSA) is 82.1 Å². The lowest BCUT2D eigenvalue weighted by molar-refractivity contribution is -0.166. The lowest BCUT2D eigenvalue weighted by Crippen LogP contribution is -2.59. The molecule has 0 saturated carbocycles. The van der Waals surface area contributed by atoms with Crippen molar-refractivity contribution in [3.8, 4) is 5.75 Å². The molecule has 1 amide bonds. The third kappa shape index (κ3) is 3.15. The number of carbonyl (C=O) groups excluding carboxylic acids is 3. The van der Waals surface area contributed by atoms with E-state index in [9.17, 15) is 14.4 Å². The van der Waals surface area contributed by atoms with Crippen molar-refractivity contribution >= 4 is 23.5 Å². The van der Waals surface area contributed by atoms with Gasteiger partial charge in [0.05, 0.1) is 26.4 Å². The van der Waals surface area contributed by atoms with Gasteiger partial charge in [0.2, 0.25) is 11.3 Å². The van der Waals surface area contributed by atoms with Gasteiger partial charge in [0.1, 0.15) is 5.75 Å². The molecule has 1 aromatic rings. The van der Waals surface area contributed by atoms with E-state index in [0.717, 1.165) is 0 Å². The molecule has 7 nitrogen and oxygen atoms in total. The maximum atomic E-state index is 13.2. The number of rotatable bonds is 6. The van der Waals surface area contributed by atoms with Crippen molar-refractivity contribution < 1.29 is 28.6 Å². The molecule has 0 fully saturated rings. The van der Waals surface area contributed by atoms with Crippen LogP contribution in [0.25, 0.3) is 0 Å². The minimum absolute atomic E-state index is 0.101. The van der Waals surface area contributed by atoms with E-state index in [1.54, 1.807) is 32.0 Å². The Kier molecular flexibility index (Phi) is 6.13. The highest BCUT2D eigenvalue weighted by Crippen LogP contribution is 2.50. The molecule has 1 atom stereocenters. The highest BCUT2D eigenvalue weighted by atomic mass is 16.6. The Morgan fingerprint density at radius 2 is 1.67 bits per heavy atom. The number of fused-ring (bicyclic) bond motifs is 1. The summed E-state index contributed by atoms with van der Waals surface area (Å²) in [5.74, 6) is -1.46. The predicted molar refractivity (Wildman–Crippen MR) is 99.7 cm³/mol. The van der Waals surface area contributed by atoms with Gasteiger partial charge in [-0.15, -0.1) is 0 Å². The monoisotopic (exact) mass is 377 g/mol. The molecule has 2 rings (SSSR count). The van der Waals surface area contributed by atoms with Crippen LogP contribution in [0.2, 0.25) is 0 Å². The van der Waals surface area contributed by atoms with Crippen LogP contribution in [-0.2, 0) is 29.3 Å². The zero-order chi connectivity index (χ0) is 20.4. The van der Waals surface area contributed by atoms with E-state index in [4.69, 9.17) is 14.2 Å². The number of esters is 2. The zero-order valence-corrected chi connectivity index (χ0v) is 16.7. The van der Waals surface area contributed by atoms with Crippen LogP contribution < -0.4 is 9.64 Å².